The molecule has 1 unspecified atom stereocenters. The summed E-state index contributed by atoms with van der Waals surface area (Å²) in [5.41, 5.74) is 3.09. The van der Waals surface area contributed by atoms with Crippen molar-refractivity contribution in [2.75, 3.05) is 5.32 Å². The number of nitrogens with zero attached hydrogens (tertiary/aromatic N) is 2. The average molecular weight is 285 g/mol. The van der Waals surface area contributed by atoms with Crippen molar-refractivity contribution >= 4 is 11.5 Å². The van der Waals surface area contributed by atoms with Crippen LogP contribution in [0.15, 0.2) is 36.4 Å². The Labute approximate surface area is 124 Å². The molecule has 0 spiro atoms. The molecule has 0 radical (unpaired) electrons. The van der Waals surface area contributed by atoms with Crippen molar-refractivity contribution in [1.82, 2.24) is 4.98 Å². The van der Waals surface area contributed by atoms with Crippen molar-refractivity contribution in [2.45, 2.75) is 33.2 Å². The van der Waals surface area contributed by atoms with Crippen LogP contribution in [0.2, 0.25) is 0 Å². The van der Waals surface area contributed by atoms with Gasteiger partial charge in [0.2, 0.25) is 5.82 Å². The van der Waals surface area contributed by atoms with E-state index in [1.165, 1.54) is 11.6 Å². The van der Waals surface area contributed by atoms with E-state index in [1.54, 1.807) is 6.07 Å². The van der Waals surface area contributed by atoms with Gasteiger partial charge >= 0.3 is 5.69 Å². The van der Waals surface area contributed by atoms with E-state index in [9.17, 15) is 10.1 Å². The Bertz CT molecular complexity index is 638. The molecule has 110 valence electrons. The minimum atomic E-state index is -0.415. The van der Waals surface area contributed by atoms with E-state index < -0.39 is 4.92 Å². The van der Waals surface area contributed by atoms with E-state index in [4.69, 9.17) is 0 Å². The molecule has 0 aliphatic heterocycles. The number of benzene rings is 1. The highest BCUT2D eigenvalue weighted by atomic mass is 16.6. The van der Waals surface area contributed by atoms with E-state index in [2.05, 4.69) is 29.4 Å². The van der Waals surface area contributed by atoms with Gasteiger partial charge in [0.1, 0.15) is 0 Å². The van der Waals surface area contributed by atoms with Crippen LogP contribution in [0.3, 0.4) is 0 Å². The van der Waals surface area contributed by atoms with Gasteiger partial charge in [-0.1, -0.05) is 31.2 Å². The van der Waals surface area contributed by atoms with Crippen LogP contribution in [0.5, 0.6) is 0 Å². The molecule has 5 nitrogen and oxygen atoms in total. The Hall–Kier alpha value is -2.43. The van der Waals surface area contributed by atoms with Crippen LogP contribution in [-0.4, -0.2) is 9.91 Å². The van der Waals surface area contributed by atoms with E-state index in [0.717, 1.165) is 17.7 Å². The zero-order valence-electron chi connectivity index (χ0n) is 12.5. The molecule has 5 heteroatoms. The van der Waals surface area contributed by atoms with Crippen LogP contribution in [-0.2, 0) is 6.42 Å². The average Bonchev–Trinajstić information content (AvgIpc) is 2.47. The molecule has 0 saturated heterocycles. The third-order valence-electron chi connectivity index (χ3n) is 3.45. The SMILES string of the molecule is CCc1ccc(C(C)Nc2nc(C)ccc2[N+](=O)[O-])cc1. The second-order valence-electron chi connectivity index (χ2n) is 5.04. The molecule has 0 fully saturated rings. The summed E-state index contributed by atoms with van der Waals surface area (Å²) in [4.78, 5) is 14.9. The number of aryl methyl sites for hydroxylation is 2. The van der Waals surface area contributed by atoms with Crippen LogP contribution in [0, 0.1) is 17.0 Å². The molecule has 1 aromatic carbocycles. The molecular weight excluding hydrogens is 266 g/mol. The molecular formula is C16H19N3O2. The van der Waals surface area contributed by atoms with Gasteiger partial charge in [-0.25, -0.2) is 4.98 Å². The molecule has 1 atom stereocenters. The Morgan fingerprint density at radius 1 is 1.24 bits per heavy atom. The summed E-state index contributed by atoms with van der Waals surface area (Å²) in [6, 6.07) is 11.3. The second kappa shape index (κ2) is 6.35. The summed E-state index contributed by atoms with van der Waals surface area (Å²) in [6.45, 7) is 5.89. The first-order valence-corrected chi connectivity index (χ1v) is 6.98. The number of nitrogens with one attached hydrogen (secondary N) is 1. The second-order valence-corrected chi connectivity index (χ2v) is 5.04. The Morgan fingerprint density at radius 2 is 1.90 bits per heavy atom. The maximum atomic E-state index is 11.1. The molecule has 1 aromatic heterocycles. The van der Waals surface area contributed by atoms with Crippen molar-refractivity contribution < 1.29 is 4.92 Å². The monoisotopic (exact) mass is 285 g/mol. The molecule has 1 heterocycles. The Balaban J connectivity index is 2.24. The van der Waals surface area contributed by atoms with Gasteiger partial charge in [-0.3, -0.25) is 10.1 Å². The maximum Gasteiger partial charge on any atom is 0.311 e. The fraction of sp³-hybridized carbons (Fsp3) is 0.312. The predicted molar refractivity (Wildman–Crippen MR) is 83.5 cm³/mol. The number of pyridine rings is 1. The maximum absolute atomic E-state index is 11.1. The van der Waals surface area contributed by atoms with E-state index in [-0.39, 0.29) is 11.7 Å². The Morgan fingerprint density at radius 3 is 2.48 bits per heavy atom. The number of hydrogen-bond acceptors (Lipinski definition) is 4. The van der Waals surface area contributed by atoms with Crippen molar-refractivity contribution in [3.05, 3.63) is 63.3 Å². The van der Waals surface area contributed by atoms with Gasteiger partial charge in [0.15, 0.2) is 0 Å². The largest absolute Gasteiger partial charge is 0.358 e. The van der Waals surface area contributed by atoms with Crippen molar-refractivity contribution in [2.24, 2.45) is 0 Å². The summed E-state index contributed by atoms with van der Waals surface area (Å²) in [5, 5.41) is 14.2. The van der Waals surface area contributed by atoms with Crippen molar-refractivity contribution in [3.63, 3.8) is 0 Å². The lowest BCUT2D eigenvalue weighted by atomic mass is 10.0. The van der Waals surface area contributed by atoms with Gasteiger partial charge < -0.3 is 5.32 Å². The first-order valence-electron chi connectivity index (χ1n) is 6.98. The van der Waals surface area contributed by atoms with Gasteiger partial charge in [-0.05, 0) is 37.5 Å². The van der Waals surface area contributed by atoms with Crippen LogP contribution < -0.4 is 5.32 Å². The number of nitro groups is 1. The van der Waals surface area contributed by atoms with Gasteiger partial charge in [0.25, 0.3) is 0 Å². The summed E-state index contributed by atoms with van der Waals surface area (Å²) < 4.78 is 0. The molecule has 0 bridgehead atoms. The first kappa shape index (κ1) is 15.0. The molecule has 2 aromatic rings. The van der Waals surface area contributed by atoms with E-state index in [0.29, 0.717) is 5.82 Å². The van der Waals surface area contributed by atoms with Crippen molar-refractivity contribution in [3.8, 4) is 0 Å². The fourth-order valence-corrected chi connectivity index (χ4v) is 2.13. The smallest absolute Gasteiger partial charge is 0.311 e. The van der Waals surface area contributed by atoms with E-state index in [1.807, 2.05) is 26.0 Å². The van der Waals surface area contributed by atoms with Gasteiger partial charge in [0, 0.05) is 11.8 Å². The molecule has 0 amide bonds. The van der Waals surface area contributed by atoms with Gasteiger partial charge in [-0.2, -0.15) is 0 Å². The Kier molecular flexibility index (Phi) is 4.52. The normalized spacial score (nSPS) is 12.0. The molecule has 2 rings (SSSR count). The third kappa shape index (κ3) is 3.56. The summed E-state index contributed by atoms with van der Waals surface area (Å²) in [7, 11) is 0. The number of hydrogen-bond donors (Lipinski definition) is 1. The highest BCUT2D eigenvalue weighted by molar-refractivity contribution is 5.57. The van der Waals surface area contributed by atoms with Crippen molar-refractivity contribution in [1.29, 1.82) is 0 Å². The minimum absolute atomic E-state index is 0.00220. The van der Waals surface area contributed by atoms with Crippen LogP contribution in [0.25, 0.3) is 0 Å². The lowest BCUT2D eigenvalue weighted by molar-refractivity contribution is -0.384. The highest BCUT2D eigenvalue weighted by Crippen LogP contribution is 2.26. The quantitative estimate of drug-likeness (QED) is 0.665. The van der Waals surface area contributed by atoms with Crippen LogP contribution in [0.1, 0.15) is 36.7 Å². The van der Waals surface area contributed by atoms with E-state index >= 15 is 0 Å². The molecule has 0 aliphatic rings. The summed E-state index contributed by atoms with van der Waals surface area (Å²) >= 11 is 0. The number of anilines is 1. The predicted octanol–water partition coefficient (Wildman–Crippen LogP) is 4.03. The molecule has 21 heavy (non-hydrogen) atoms. The third-order valence-corrected chi connectivity index (χ3v) is 3.45. The topological polar surface area (TPSA) is 68.1 Å². The highest BCUT2D eigenvalue weighted by Gasteiger charge is 2.17. The lowest BCUT2D eigenvalue weighted by Gasteiger charge is -2.15. The molecule has 0 saturated carbocycles. The standard InChI is InChI=1S/C16H19N3O2/c1-4-13-6-8-14(9-7-13)12(3)18-16-15(19(20)21)10-5-11(2)17-16/h5-10,12H,4H2,1-3H3,(H,17,18). The number of aromatic nitrogens is 1. The lowest BCUT2D eigenvalue weighted by Crippen LogP contribution is -2.10. The van der Waals surface area contributed by atoms with Crippen LogP contribution in [0.4, 0.5) is 11.5 Å². The first-order chi connectivity index (χ1) is 10.0. The fourth-order valence-electron chi connectivity index (χ4n) is 2.13. The number of rotatable bonds is 5. The van der Waals surface area contributed by atoms with Gasteiger partial charge in [-0.15, -0.1) is 0 Å². The zero-order valence-corrected chi connectivity index (χ0v) is 12.5. The zero-order chi connectivity index (χ0) is 15.4. The molecule has 1 N–H and O–H groups in total. The van der Waals surface area contributed by atoms with Gasteiger partial charge in [0.05, 0.1) is 11.0 Å². The minimum Gasteiger partial charge on any atom is -0.358 e. The summed E-state index contributed by atoms with van der Waals surface area (Å²) in [6.07, 6.45) is 0.993. The molecule has 0 aliphatic carbocycles. The van der Waals surface area contributed by atoms with Crippen LogP contribution >= 0.6 is 0 Å². The summed E-state index contributed by atoms with van der Waals surface area (Å²) in [5.74, 6) is 0.312.